The van der Waals surface area contributed by atoms with Crippen molar-refractivity contribution in [2.24, 2.45) is 0 Å². The van der Waals surface area contributed by atoms with Crippen LogP contribution in [0.2, 0.25) is 0 Å². The molecule has 0 N–H and O–H groups in total. The summed E-state index contributed by atoms with van der Waals surface area (Å²) in [5.74, 6) is 0.144. The molecule has 0 radical (unpaired) electrons. The molecule has 1 aromatic carbocycles. The van der Waals surface area contributed by atoms with E-state index < -0.39 is 0 Å². The number of hydrogen-bond donors (Lipinski definition) is 0. The monoisotopic (exact) mass is 190 g/mol. The van der Waals surface area contributed by atoms with E-state index >= 15 is 0 Å². The standard InChI is InChI=1S/C10H7FN2O/c1-2-9-12-10(13-14-9)7-5-3-4-6-8(7)11/h2-6H,1H2. The molecular formula is C10H7FN2O. The normalized spacial score (nSPS) is 10.1. The van der Waals surface area contributed by atoms with E-state index in [9.17, 15) is 4.39 Å². The molecule has 0 aliphatic heterocycles. The molecule has 0 amide bonds. The number of halogens is 1. The maximum absolute atomic E-state index is 13.2. The molecule has 0 saturated heterocycles. The van der Waals surface area contributed by atoms with E-state index in [4.69, 9.17) is 4.52 Å². The Morgan fingerprint density at radius 1 is 1.36 bits per heavy atom. The summed E-state index contributed by atoms with van der Waals surface area (Å²) in [5.41, 5.74) is 0.323. The molecule has 1 aromatic heterocycles. The van der Waals surface area contributed by atoms with Crippen molar-refractivity contribution >= 4 is 6.08 Å². The molecule has 0 spiro atoms. The minimum atomic E-state index is -0.371. The highest BCUT2D eigenvalue weighted by Crippen LogP contribution is 2.19. The molecule has 1 heterocycles. The SMILES string of the molecule is C=Cc1nc(-c2ccccc2F)no1. The first-order chi connectivity index (χ1) is 6.81. The summed E-state index contributed by atoms with van der Waals surface area (Å²) in [4.78, 5) is 3.92. The summed E-state index contributed by atoms with van der Waals surface area (Å²) in [7, 11) is 0. The van der Waals surface area contributed by atoms with Gasteiger partial charge in [0.1, 0.15) is 5.82 Å². The largest absolute Gasteiger partial charge is 0.334 e. The molecule has 0 aliphatic rings. The predicted molar refractivity (Wildman–Crippen MR) is 49.8 cm³/mol. The van der Waals surface area contributed by atoms with Gasteiger partial charge in [-0.05, 0) is 18.2 Å². The Hall–Kier alpha value is -1.97. The number of aromatic nitrogens is 2. The topological polar surface area (TPSA) is 38.9 Å². The molecule has 70 valence electrons. The summed E-state index contributed by atoms with van der Waals surface area (Å²) >= 11 is 0. The zero-order valence-corrected chi connectivity index (χ0v) is 7.27. The van der Waals surface area contributed by atoms with Crippen LogP contribution in [0.3, 0.4) is 0 Å². The minimum Gasteiger partial charge on any atom is -0.334 e. The molecule has 0 bridgehead atoms. The Bertz CT molecular complexity index is 465. The average molecular weight is 190 g/mol. The first-order valence-corrected chi connectivity index (χ1v) is 4.02. The van der Waals surface area contributed by atoms with E-state index in [0.717, 1.165) is 0 Å². The van der Waals surface area contributed by atoms with Crippen molar-refractivity contribution in [3.63, 3.8) is 0 Å². The lowest BCUT2D eigenvalue weighted by molar-refractivity contribution is 0.411. The number of benzene rings is 1. The van der Waals surface area contributed by atoms with E-state index in [0.29, 0.717) is 5.56 Å². The van der Waals surface area contributed by atoms with Crippen LogP contribution in [0.25, 0.3) is 17.5 Å². The van der Waals surface area contributed by atoms with Gasteiger partial charge in [0.05, 0.1) is 5.56 Å². The van der Waals surface area contributed by atoms with Gasteiger partial charge in [0.15, 0.2) is 0 Å². The first-order valence-electron chi connectivity index (χ1n) is 4.02. The number of hydrogen-bond acceptors (Lipinski definition) is 3. The molecule has 0 fully saturated rings. The summed E-state index contributed by atoms with van der Waals surface area (Å²) in [6.07, 6.45) is 1.41. The Labute approximate surface area is 79.9 Å². The van der Waals surface area contributed by atoms with Crippen LogP contribution in [0, 0.1) is 5.82 Å². The summed E-state index contributed by atoms with van der Waals surface area (Å²) in [6.45, 7) is 3.47. The van der Waals surface area contributed by atoms with Crippen LogP contribution in [0.5, 0.6) is 0 Å². The Balaban J connectivity index is 2.49. The lowest BCUT2D eigenvalue weighted by atomic mass is 10.2. The smallest absolute Gasteiger partial charge is 0.250 e. The fraction of sp³-hybridized carbons (Fsp3) is 0. The van der Waals surface area contributed by atoms with Crippen LogP contribution in [0.1, 0.15) is 5.89 Å². The van der Waals surface area contributed by atoms with E-state index in [1.165, 1.54) is 12.1 Å². The van der Waals surface area contributed by atoms with Crippen LogP contribution in [0.15, 0.2) is 35.4 Å². The minimum absolute atomic E-state index is 0.234. The van der Waals surface area contributed by atoms with Crippen molar-refractivity contribution in [2.45, 2.75) is 0 Å². The van der Waals surface area contributed by atoms with Crippen molar-refractivity contribution in [2.75, 3.05) is 0 Å². The van der Waals surface area contributed by atoms with Crippen molar-refractivity contribution in [1.82, 2.24) is 10.1 Å². The van der Waals surface area contributed by atoms with Crippen molar-refractivity contribution in [3.05, 3.63) is 42.6 Å². The van der Waals surface area contributed by atoms with Crippen molar-refractivity contribution in [3.8, 4) is 11.4 Å². The number of rotatable bonds is 2. The maximum Gasteiger partial charge on any atom is 0.250 e. The zero-order valence-electron chi connectivity index (χ0n) is 7.27. The van der Waals surface area contributed by atoms with Gasteiger partial charge >= 0.3 is 0 Å². The molecule has 0 unspecified atom stereocenters. The Kier molecular flexibility index (Phi) is 2.10. The molecular weight excluding hydrogens is 183 g/mol. The summed E-state index contributed by atoms with van der Waals surface area (Å²) in [5, 5.41) is 3.62. The van der Waals surface area contributed by atoms with Crippen LogP contribution >= 0.6 is 0 Å². The molecule has 0 aliphatic carbocycles. The van der Waals surface area contributed by atoms with Crippen molar-refractivity contribution < 1.29 is 8.91 Å². The first kappa shape index (κ1) is 8.62. The van der Waals surface area contributed by atoms with Crippen molar-refractivity contribution in [1.29, 1.82) is 0 Å². The lowest BCUT2D eigenvalue weighted by Gasteiger charge is -1.94. The van der Waals surface area contributed by atoms with Gasteiger partial charge in [0, 0.05) is 0 Å². The van der Waals surface area contributed by atoms with Crippen LogP contribution < -0.4 is 0 Å². The summed E-state index contributed by atoms with van der Waals surface area (Å²) < 4.78 is 18.0. The second kappa shape index (κ2) is 3.41. The van der Waals surface area contributed by atoms with Gasteiger partial charge in [-0.15, -0.1) is 0 Å². The molecule has 3 nitrogen and oxygen atoms in total. The molecule has 0 saturated carbocycles. The van der Waals surface area contributed by atoms with Gasteiger partial charge in [-0.25, -0.2) is 4.39 Å². The van der Waals surface area contributed by atoms with Crippen LogP contribution in [-0.2, 0) is 0 Å². The van der Waals surface area contributed by atoms with Gasteiger partial charge in [-0.3, -0.25) is 0 Å². The third-order valence-electron chi connectivity index (χ3n) is 1.73. The fourth-order valence-corrected chi connectivity index (χ4v) is 1.07. The third kappa shape index (κ3) is 1.42. The van der Waals surface area contributed by atoms with Gasteiger partial charge in [0.25, 0.3) is 0 Å². The fourth-order valence-electron chi connectivity index (χ4n) is 1.07. The van der Waals surface area contributed by atoms with Gasteiger partial charge in [-0.2, -0.15) is 4.98 Å². The highest BCUT2D eigenvalue weighted by atomic mass is 19.1. The van der Waals surface area contributed by atoms with Crippen LogP contribution in [-0.4, -0.2) is 10.1 Å². The Morgan fingerprint density at radius 2 is 2.14 bits per heavy atom. The van der Waals surface area contributed by atoms with E-state index in [2.05, 4.69) is 16.7 Å². The molecule has 2 aromatic rings. The quantitative estimate of drug-likeness (QED) is 0.730. The summed E-state index contributed by atoms with van der Waals surface area (Å²) in [6, 6.07) is 6.25. The highest BCUT2D eigenvalue weighted by Gasteiger charge is 2.09. The molecule has 4 heteroatoms. The maximum atomic E-state index is 13.2. The van der Waals surface area contributed by atoms with E-state index in [1.54, 1.807) is 18.2 Å². The van der Waals surface area contributed by atoms with E-state index in [-0.39, 0.29) is 17.5 Å². The van der Waals surface area contributed by atoms with E-state index in [1.807, 2.05) is 0 Å². The van der Waals surface area contributed by atoms with Gasteiger partial charge < -0.3 is 4.52 Å². The molecule has 14 heavy (non-hydrogen) atoms. The number of nitrogens with zero attached hydrogens (tertiary/aromatic N) is 2. The second-order valence-corrected chi connectivity index (χ2v) is 2.64. The molecule has 0 atom stereocenters. The average Bonchev–Trinajstić information content (AvgIpc) is 2.67. The highest BCUT2D eigenvalue weighted by molar-refractivity contribution is 5.55. The second-order valence-electron chi connectivity index (χ2n) is 2.64. The van der Waals surface area contributed by atoms with Crippen LogP contribution in [0.4, 0.5) is 4.39 Å². The van der Waals surface area contributed by atoms with Gasteiger partial charge in [0.2, 0.25) is 11.7 Å². The van der Waals surface area contributed by atoms with Gasteiger partial charge in [-0.1, -0.05) is 23.9 Å². The third-order valence-corrected chi connectivity index (χ3v) is 1.73. The molecule has 2 rings (SSSR count). The lowest BCUT2D eigenvalue weighted by Crippen LogP contribution is -1.85. The predicted octanol–water partition coefficient (Wildman–Crippen LogP) is 2.52. The zero-order chi connectivity index (χ0) is 9.97. The Morgan fingerprint density at radius 3 is 2.79 bits per heavy atom.